The molecule has 0 fully saturated rings. The van der Waals surface area contributed by atoms with Gasteiger partial charge in [0.25, 0.3) is 0 Å². The Morgan fingerprint density at radius 3 is 2.24 bits per heavy atom. The molecule has 0 unspecified atom stereocenters. The first-order valence-electron chi connectivity index (χ1n) is 13.9. The second kappa shape index (κ2) is 9.30. The summed E-state index contributed by atoms with van der Waals surface area (Å²) in [5.41, 5.74) is 2.59. The van der Waals surface area contributed by atoms with Crippen LogP contribution in [0.4, 0.5) is 0 Å². The van der Waals surface area contributed by atoms with E-state index in [9.17, 15) is 9.90 Å². The van der Waals surface area contributed by atoms with E-state index in [0.29, 0.717) is 16.9 Å². The Hall–Kier alpha value is -3.05. The van der Waals surface area contributed by atoms with E-state index in [0.717, 1.165) is 22.5 Å². The number of ether oxygens (including phenoxy) is 1. The fraction of sp³-hybridized carbons (Fsp3) is 0.138. The van der Waals surface area contributed by atoms with Crippen LogP contribution in [0.3, 0.4) is 0 Å². The molecular formula is C29H24NNaO3. The molecule has 0 atom stereocenters. The van der Waals surface area contributed by atoms with Crippen molar-refractivity contribution in [2.75, 3.05) is 0 Å². The smallest absolute Gasteiger partial charge is 0.545 e. The summed E-state index contributed by atoms with van der Waals surface area (Å²) in [6.45, 7) is 0.808. The molecule has 0 aliphatic carbocycles. The Labute approximate surface area is 231 Å². The largest absolute Gasteiger partial charge is 1.00 e. The average Bonchev–Trinajstić information content (AvgIpc) is 3.36. The van der Waals surface area contributed by atoms with Crippen molar-refractivity contribution in [1.82, 2.24) is 4.98 Å². The van der Waals surface area contributed by atoms with Crippen LogP contribution in [0, 0.1) is 6.85 Å². The Morgan fingerprint density at radius 2 is 1.59 bits per heavy atom. The second-order valence-electron chi connectivity index (χ2n) is 8.37. The number of carbonyl (C=O) groups excluding carboxylic acids is 1. The SMILES string of the molecule is [2H]c1c([2H])c(C([2H])([2H])[2H])c([2H])c([2H])c1C1=CC(C)(C)Oc2ccc(-c3ccc(-c4ccc(C(=O)[O-])cc4)[nH]3)cc21.[Na+]. The van der Waals surface area contributed by atoms with Gasteiger partial charge < -0.3 is 19.6 Å². The zero-order valence-electron chi connectivity index (χ0n) is 26.0. The number of carbonyl (C=O) groups is 1. The van der Waals surface area contributed by atoms with Gasteiger partial charge in [0.1, 0.15) is 11.4 Å². The average molecular weight is 465 g/mol. The van der Waals surface area contributed by atoms with Gasteiger partial charge in [0.2, 0.25) is 0 Å². The fourth-order valence-electron chi connectivity index (χ4n) is 3.91. The summed E-state index contributed by atoms with van der Waals surface area (Å²) in [6, 6.07) is 13.4. The number of hydrogen-bond acceptors (Lipinski definition) is 3. The van der Waals surface area contributed by atoms with Crippen LogP contribution < -0.4 is 39.4 Å². The Bertz CT molecular complexity index is 1680. The summed E-state index contributed by atoms with van der Waals surface area (Å²) in [5.74, 6) is -0.774. The number of benzene rings is 3. The van der Waals surface area contributed by atoms with Gasteiger partial charge in [-0.05, 0) is 84.9 Å². The first kappa shape index (κ1) is 16.6. The zero-order valence-corrected chi connectivity index (χ0v) is 21.0. The van der Waals surface area contributed by atoms with Gasteiger partial charge in [-0.2, -0.15) is 0 Å². The van der Waals surface area contributed by atoms with E-state index in [4.69, 9.17) is 14.3 Å². The molecule has 0 saturated heterocycles. The Kier molecular flexibility index (Phi) is 4.53. The van der Waals surface area contributed by atoms with E-state index in [1.54, 1.807) is 38.1 Å². The number of rotatable bonds is 4. The predicted molar refractivity (Wildman–Crippen MR) is 129 cm³/mol. The molecule has 5 heteroatoms. The topological polar surface area (TPSA) is 65.2 Å². The molecule has 1 aliphatic rings. The maximum absolute atomic E-state index is 11.1. The van der Waals surface area contributed by atoms with Crippen molar-refractivity contribution in [3.8, 4) is 28.3 Å². The standard InChI is InChI=1S/C29H25NO3.Na/c1-18-4-6-19(7-5-18)24-17-29(2,3)33-27-15-12-22(16-23(24)27)26-14-13-25(30-26)20-8-10-21(11-9-20)28(31)32;/h4-17,30H,1-3H3,(H,31,32);/q;+1/p-1/i1D3,4D,5D,6D,7D;. The van der Waals surface area contributed by atoms with Crippen molar-refractivity contribution in [2.45, 2.75) is 26.3 Å². The van der Waals surface area contributed by atoms with Crippen LogP contribution in [-0.2, 0) is 0 Å². The fourth-order valence-corrected chi connectivity index (χ4v) is 3.91. The van der Waals surface area contributed by atoms with Crippen LogP contribution in [0.2, 0.25) is 0 Å². The molecule has 1 aliphatic heterocycles. The number of aromatic carboxylic acids is 1. The first-order chi connectivity index (χ1) is 18.7. The number of fused-ring (bicyclic) bond motifs is 1. The monoisotopic (exact) mass is 464 g/mol. The molecule has 0 radical (unpaired) electrons. The predicted octanol–water partition coefficient (Wildman–Crippen LogP) is 2.63. The van der Waals surface area contributed by atoms with Gasteiger partial charge in [-0.1, -0.05) is 54.0 Å². The third-order valence-corrected chi connectivity index (χ3v) is 5.46. The number of carboxylic acids is 1. The minimum absolute atomic E-state index is 0. The van der Waals surface area contributed by atoms with E-state index in [1.807, 2.05) is 24.3 Å². The molecule has 3 aromatic carbocycles. The molecule has 0 amide bonds. The molecule has 4 aromatic rings. The molecule has 0 bridgehead atoms. The minimum atomic E-state index is -2.80. The van der Waals surface area contributed by atoms with Crippen molar-refractivity contribution in [3.63, 3.8) is 0 Å². The molecule has 34 heavy (non-hydrogen) atoms. The van der Waals surface area contributed by atoms with Gasteiger partial charge in [0.15, 0.2) is 0 Å². The van der Waals surface area contributed by atoms with Gasteiger partial charge >= 0.3 is 29.6 Å². The van der Waals surface area contributed by atoms with Gasteiger partial charge in [-0.15, -0.1) is 0 Å². The third-order valence-electron chi connectivity index (χ3n) is 5.46. The van der Waals surface area contributed by atoms with E-state index < -0.39 is 48.2 Å². The normalized spacial score (nSPS) is 17.1. The van der Waals surface area contributed by atoms with Crippen LogP contribution in [0.1, 0.15) is 50.5 Å². The molecule has 5 rings (SSSR count). The maximum atomic E-state index is 11.1. The van der Waals surface area contributed by atoms with Crippen molar-refractivity contribution in [2.24, 2.45) is 0 Å². The third kappa shape index (κ3) is 4.76. The van der Waals surface area contributed by atoms with Crippen molar-refractivity contribution >= 4 is 11.5 Å². The number of hydrogen-bond donors (Lipinski definition) is 1. The number of aromatic amines is 1. The Morgan fingerprint density at radius 1 is 0.941 bits per heavy atom. The number of carboxylic acid groups (broad SMARTS) is 1. The van der Waals surface area contributed by atoms with Gasteiger partial charge in [0, 0.05) is 21.1 Å². The van der Waals surface area contributed by atoms with Crippen LogP contribution in [0.5, 0.6) is 5.75 Å². The van der Waals surface area contributed by atoms with Gasteiger partial charge in [-0.25, -0.2) is 0 Å². The van der Waals surface area contributed by atoms with Crippen LogP contribution >= 0.6 is 0 Å². The summed E-state index contributed by atoms with van der Waals surface area (Å²) in [5, 5.41) is 11.1. The Balaban J connectivity index is 0.00000387. The number of H-pyrrole nitrogens is 1. The van der Waals surface area contributed by atoms with Crippen molar-refractivity contribution < 1.29 is 53.8 Å². The molecule has 2 heterocycles. The summed E-state index contributed by atoms with van der Waals surface area (Å²) in [4.78, 5) is 14.4. The van der Waals surface area contributed by atoms with Crippen LogP contribution in [0.15, 0.2) is 84.8 Å². The van der Waals surface area contributed by atoms with E-state index in [2.05, 4.69) is 4.98 Å². The van der Waals surface area contributed by atoms with Crippen molar-refractivity contribution in [1.29, 1.82) is 0 Å². The van der Waals surface area contributed by atoms with E-state index in [1.165, 1.54) is 12.1 Å². The van der Waals surface area contributed by atoms with E-state index >= 15 is 0 Å². The number of aromatic nitrogens is 1. The van der Waals surface area contributed by atoms with Crippen molar-refractivity contribution in [3.05, 3.63) is 107 Å². The molecule has 0 spiro atoms. The second-order valence-corrected chi connectivity index (χ2v) is 8.37. The number of nitrogens with one attached hydrogen (secondary N) is 1. The molecule has 0 saturated carbocycles. The van der Waals surface area contributed by atoms with Gasteiger partial charge in [-0.3, -0.25) is 0 Å². The minimum Gasteiger partial charge on any atom is -0.545 e. The quantitative estimate of drug-likeness (QED) is 0.473. The first-order valence-corrected chi connectivity index (χ1v) is 10.4. The molecular weight excluding hydrogens is 433 g/mol. The van der Waals surface area contributed by atoms with Crippen LogP contribution in [0.25, 0.3) is 28.1 Å². The molecule has 164 valence electrons. The zero-order chi connectivity index (χ0) is 29.1. The molecule has 1 aromatic heterocycles. The van der Waals surface area contributed by atoms with Gasteiger partial charge in [0.05, 0.1) is 11.5 Å². The maximum Gasteiger partial charge on any atom is 1.00 e. The van der Waals surface area contributed by atoms with E-state index in [-0.39, 0.29) is 40.7 Å². The van der Waals surface area contributed by atoms with Crippen LogP contribution in [-0.4, -0.2) is 16.6 Å². The molecule has 1 N–H and O–H groups in total. The molecule has 4 nitrogen and oxygen atoms in total. The summed E-state index contributed by atoms with van der Waals surface area (Å²) < 4.78 is 63.4. The summed E-state index contributed by atoms with van der Waals surface area (Å²) in [7, 11) is 0. The summed E-state index contributed by atoms with van der Waals surface area (Å²) >= 11 is 0. The summed E-state index contributed by atoms with van der Waals surface area (Å²) in [6.07, 6.45) is 1.72.